The third-order valence-corrected chi connectivity index (χ3v) is 2.00. The van der Waals surface area contributed by atoms with Crippen molar-refractivity contribution in [3.05, 3.63) is 0 Å². The quantitative estimate of drug-likeness (QED) is 0.261. The molecular weight excluding hydrogens is 232 g/mol. The van der Waals surface area contributed by atoms with Crippen LogP contribution < -0.4 is 0 Å². The van der Waals surface area contributed by atoms with Crippen LogP contribution in [0.1, 0.15) is 19.8 Å². The largest absolute Gasteiger partial charge is 0.394 e. The van der Waals surface area contributed by atoms with E-state index in [9.17, 15) is 0 Å². The van der Waals surface area contributed by atoms with E-state index in [1.54, 1.807) is 0 Å². The van der Waals surface area contributed by atoms with E-state index < -0.39 is 37.6 Å². The average molecular weight is 256 g/mol. The molecule has 0 saturated carbocycles. The second-order valence-corrected chi connectivity index (χ2v) is 3.62. The molecule has 0 radical (unpaired) electrons. The molecule has 0 aliphatic rings. The topological polar surface area (TPSA) is 142 Å². The fourth-order valence-electron chi connectivity index (χ4n) is 0.897. The highest BCUT2D eigenvalue weighted by Crippen LogP contribution is 1.98. The Morgan fingerprint density at radius 1 is 0.765 bits per heavy atom. The Balaban J connectivity index is 0. The molecule has 0 bridgehead atoms. The van der Waals surface area contributed by atoms with Gasteiger partial charge in [0.2, 0.25) is 0 Å². The summed E-state index contributed by atoms with van der Waals surface area (Å²) in [4.78, 5) is 0. The number of rotatable bonds is 7. The Hall–Kier alpha value is -0.280. The molecule has 0 fully saturated rings. The first-order valence-corrected chi connectivity index (χ1v) is 5.49. The molecule has 0 aliphatic carbocycles. The van der Waals surface area contributed by atoms with Gasteiger partial charge in [-0.2, -0.15) is 0 Å². The monoisotopic (exact) mass is 256 g/mol. The van der Waals surface area contributed by atoms with Crippen molar-refractivity contribution in [1.82, 2.24) is 0 Å². The lowest BCUT2D eigenvalue weighted by molar-refractivity contribution is -0.0900. The highest BCUT2D eigenvalue weighted by molar-refractivity contribution is 4.73. The van der Waals surface area contributed by atoms with Crippen molar-refractivity contribution in [3.8, 4) is 0 Å². The molecular formula is C10H24O7. The molecule has 0 heterocycles. The average Bonchev–Trinajstić information content (AvgIpc) is 2.36. The van der Waals surface area contributed by atoms with Crippen molar-refractivity contribution in [2.45, 2.75) is 44.2 Å². The third-order valence-electron chi connectivity index (χ3n) is 2.00. The van der Waals surface area contributed by atoms with Gasteiger partial charge in [-0.3, -0.25) is 0 Å². The lowest BCUT2D eigenvalue weighted by Crippen LogP contribution is -2.41. The van der Waals surface area contributed by atoms with Gasteiger partial charge >= 0.3 is 0 Å². The fourth-order valence-corrected chi connectivity index (χ4v) is 0.897. The molecule has 106 valence electrons. The Bertz CT molecular complexity index is 146. The van der Waals surface area contributed by atoms with Crippen molar-refractivity contribution in [2.75, 3.05) is 19.8 Å². The van der Waals surface area contributed by atoms with Crippen molar-refractivity contribution in [2.24, 2.45) is 0 Å². The van der Waals surface area contributed by atoms with Crippen molar-refractivity contribution in [3.63, 3.8) is 0 Å². The van der Waals surface area contributed by atoms with Gasteiger partial charge in [-0.05, 0) is 6.42 Å². The Morgan fingerprint density at radius 3 is 1.35 bits per heavy atom. The predicted octanol–water partition coefficient (Wildman–Crippen LogP) is -2.81. The van der Waals surface area contributed by atoms with Crippen LogP contribution in [0.15, 0.2) is 0 Å². The maximum Gasteiger partial charge on any atom is 0.110 e. The predicted molar refractivity (Wildman–Crippen MR) is 60.2 cm³/mol. The number of aliphatic hydroxyl groups excluding tert-OH is 7. The lowest BCUT2D eigenvalue weighted by Gasteiger charge is -2.19. The molecule has 0 aromatic heterocycles. The number of hydrogen-bond donors (Lipinski definition) is 7. The minimum absolute atomic E-state index is 0.103. The van der Waals surface area contributed by atoms with Gasteiger partial charge in [-0.25, -0.2) is 0 Å². The van der Waals surface area contributed by atoms with Crippen LogP contribution in [0.2, 0.25) is 0 Å². The summed E-state index contributed by atoms with van der Waals surface area (Å²) in [6.45, 7) is 0.586. The zero-order valence-corrected chi connectivity index (χ0v) is 9.98. The smallest absolute Gasteiger partial charge is 0.110 e. The van der Waals surface area contributed by atoms with Gasteiger partial charge in [0.05, 0.1) is 25.9 Å². The van der Waals surface area contributed by atoms with Crippen LogP contribution in [0.5, 0.6) is 0 Å². The lowest BCUT2D eigenvalue weighted by atomic mass is 10.1. The zero-order chi connectivity index (χ0) is 13.8. The SMILES string of the molecule is CCCC(O)CO.OC[C@@H](O)C(O)[C@@H](O)CO. The first kappa shape index (κ1) is 19.1. The van der Waals surface area contributed by atoms with Crippen LogP contribution in [0.3, 0.4) is 0 Å². The number of hydrogen-bond acceptors (Lipinski definition) is 7. The van der Waals surface area contributed by atoms with Crippen LogP contribution in [-0.2, 0) is 0 Å². The van der Waals surface area contributed by atoms with E-state index in [2.05, 4.69) is 0 Å². The zero-order valence-electron chi connectivity index (χ0n) is 9.98. The normalized spacial score (nSPS) is 17.6. The molecule has 0 amide bonds. The van der Waals surface area contributed by atoms with Gasteiger partial charge in [0.25, 0.3) is 0 Å². The van der Waals surface area contributed by atoms with Crippen LogP contribution in [0.25, 0.3) is 0 Å². The van der Waals surface area contributed by atoms with Crippen LogP contribution in [0, 0.1) is 0 Å². The van der Waals surface area contributed by atoms with E-state index in [4.69, 9.17) is 35.7 Å². The molecule has 7 N–H and O–H groups in total. The Kier molecular flexibility index (Phi) is 13.7. The van der Waals surface area contributed by atoms with Gasteiger partial charge in [0, 0.05) is 0 Å². The maximum atomic E-state index is 8.77. The summed E-state index contributed by atoms with van der Waals surface area (Å²) in [5.41, 5.74) is 0. The minimum Gasteiger partial charge on any atom is -0.394 e. The molecule has 0 saturated heterocycles. The van der Waals surface area contributed by atoms with E-state index in [1.807, 2.05) is 6.92 Å². The first-order chi connectivity index (χ1) is 7.94. The highest BCUT2D eigenvalue weighted by Gasteiger charge is 2.22. The Morgan fingerprint density at radius 2 is 1.18 bits per heavy atom. The molecule has 7 heteroatoms. The summed E-state index contributed by atoms with van der Waals surface area (Å²) in [5, 5.41) is 59.4. The van der Waals surface area contributed by atoms with E-state index in [0.717, 1.165) is 6.42 Å². The summed E-state index contributed by atoms with van der Waals surface area (Å²) in [7, 11) is 0. The van der Waals surface area contributed by atoms with E-state index in [-0.39, 0.29) is 6.61 Å². The van der Waals surface area contributed by atoms with Gasteiger partial charge in [-0.15, -0.1) is 0 Å². The molecule has 4 atom stereocenters. The Labute approximate surface area is 101 Å². The molecule has 0 spiro atoms. The summed E-state index contributed by atoms with van der Waals surface area (Å²) in [6, 6.07) is 0. The number of aliphatic hydroxyl groups is 7. The first-order valence-electron chi connectivity index (χ1n) is 5.49. The van der Waals surface area contributed by atoms with Crippen molar-refractivity contribution in [1.29, 1.82) is 0 Å². The molecule has 0 aliphatic heterocycles. The third kappa shape index (κ3) is 10.6. The summed E-state index contributed by atoms with van der Waals surface area (Å²) in [6.07, 6.45) is -3.15. The molecule has 17 heavy (non-hydrogen) atoms. The minimum atomic E-state index is -1.49. The van der Waals surface area contributed by atoms with Gasteiger partial charge < -0.3 is 35.7 Å². The standard InChI is InChI=1S/C5H12O5.C5H12O2/c6-1-3(8)5(10)4(9)2-7;1-2-3-5(7)4-6/h3-10H,1-2H2;5-7H,2-4H2,1H3/t3-,4+,5?;. The van der Waals surface area contributed by atoms with Crippen LogP contribution in [-0.4, -0.2) is 80.0 Å². The fraction of sp³-hybridized carbons (Fsp3) is 1.00. The molecule has 0 rings (SSSR count). The van der Waals surface area contributed by atoms with Crippen molar-refractivity contribution < 1.29 is 35.7 Å². The van der Waals surface area contributed by atoms with E-state index in [1.165, 1.54) is 0 Å². The van der Waals surface area contributed by atoms with E-state index in [0.29, 0.717) is 6.42 Å². The van der Waals surface area contributed by atoms with E-state index >= 15 is 0 Å². The van der Waals surface area contributed by atoms with Crippen LogP contribution >= 0.6 is 0 Å². The highest BCUT2D eigenvalue weighted by atomic mass is 16.4. The molecule has 2 unspecified atom stereocenters. The second kappa shape index (κ2) is 12.2. The van der Waals surface area contributed by atoms with Gasteiger partial charge in [0.15, 0.2) is 0 Å². The summed E-state index contributed by atoms with van der Waals surface area (Å²) < 4.78 is 0. The summed E-state index contributed by atoms with van der Waals surface area (Å²) in [5.74, 6) is 0. The maximum absolute atomic E-state index is 8.77. The van der Waals surface area contributed by atoms with Gasteiger partial charge in [0.1, 0.15) is 18.3 Å². The summed E-state index contributed by atoms with van der Waals surface area (Å²) >= 11 is 0. The second-order valence-electron chi connectivity index (χ2n) is 3.62. The molecule has 0 aromatic carbocycles. The molecule has 7 nitrogen and oxygen atoms in total. The van der Waals surface area contributed by atoms with Crippen molar-refractivity contribution >= 4 is 0 Å². The molecule has 0 aromatic rings. The van der Waals surface area contributed by atoms with Gasteiger partial charge in [-0.1, -0.05) is 13.3 Å². The van der Waals surface area contributed by atoms with Crippen LogP contribution in [0.4, 0.5) is 0 Å².